The van der Waals surface area contributed by atoms with Gasteiger partial charge in [-0.25, -0.2) is 0 Å². The fourth-order valence-corrected chi connectivity index (χ4v) is 9.35. The Bertz CT molecular complexity index is 538. The summed E-state index contributed by atoms with van der Waals surface area (Å²) in [6, 6.07) is 9.35. The quantitative estimate of drug-likeness (QED) is 0.745. The Morgan fingerprint density at radius 3 is 1.50 bits per heavy atom. The van der Waals surface area contributed by atoms with Gasteiger partial charge in [-0.05, 0) is 0 Å². The SMILES string of the molecule is Cc1cc(C)c(P[PH3]c2c(C)cc(C)cc2C)c(C)c1. The van der Waals surface area contributed by atoms with Gasteiger partial charge >= 0.3 is 126 Å². The van der Waals surface area contributed by atoms with Crippen molar-refractivity contribution in [2.75, 3.05) is 0 Å². The zero-order valence-corrected chi connectivity index (χ0v) is 15.9. The fraction of sp³-hybridized carbons (Fsp3) is 0.333. The van der Waals surface area contributed by atoms with Crippen LogP contribution >= 0.6 is 16.5 Å². The van der Waals surface area contributed by atoms with Gasteiger partial charge < -0.3 is 0 Å². The van der Waals surface area contributed by atoms with Crippen molar-refractivity contribution in [3.05, 3.63) is 57.6 Å². The molecule has 2 aromatic carbocycles. The van der Waals surface area contributed by atoms with Gasteiger partial charge in [-0.15, -0.1) is 0 Å². The first-order chi connectivity index (χ1) is 9.38. The van der Waals surface area contributed by atoms with Gasteiger partial charge in [0.1, 0.15) is 0 Å². The molecular weight excluding hydrogens is 278 g/mol. The molecule has 0 aliphatic heterocycles. The van der Waals surface area contributed by atoms with Crippen molar-refractivity contribution in [2.24, 2.45) is 0 Å². The minimum absolute atomic E-state index is 0.211. The van der Waals surface area contributed by atoms with Crippen LogP contribution < -0.4 is 10.6 Å². The molecule has 2 aromatic rings. The van der Waals surface area contributed by atoms with E-state index in [4.69, 9.17) is 0 Å². The van der Waals surface area contributed by atoms with Gasteiger partial charge in [0, 0.05) is 0 Å². The van der Waals surface area contributed by atoms with Crippen molar-refractivity contribution in [3.8, 4) is 0 Å². The van der Waals surface area contributed by atoms with Gasteiger partial charge in [-0.3, -0.25) is 0 Å². The predicted octanol–water partition coefficient (Wildman–Crippen LogP) is 4.22. The molecule has 1 unspecified atom stereocenters. The summed E-state index contributed by atoms with van der Waals surface area (Å²) in [4.78, 5) is 0. The molecule has 0 aliphatic rings. The fourth-order valence-electron chi connectivity index (χ4n) is 3.12. The van der Waals surface area contributed by atoms with E-state index in [-0.39, 0.29) is 8.27 Å². The standard InChI is InChI=1S/C18H26P2/c1-11-7-13(3)17(14(4)8-11)19-20-18-15(5)9-12(2)10-16(18)6/h7-10,19H,1-6,20H3. The van der Waals surface area contributed by atoms with E-state index in [0.717, 1.165) is 8.27 Å². The molecule has 108 valence electrons. The summed E-state index contributed by atoms with van der Waals surface area (Å²) in [5, 5.41) is 3.29. The third-order valence-electron chi connectivity index (χ3n) is 3.96. The summed E-state index contributed by atoms with van der Waals surface area (Å²) in [5.74, 6) is 0. The zero-order chi connectivity index (χ0) is 14.9. The summed E-state index contributed by atoms with van der Waals surface area (Å²) >= 11 is 0. The summed E-state index contributed by atoms with van der Waals surface area (Å²) in [6.07, 6.45) is 0. The Kier molecular flexibility index (Phi) is 5.00. The van der Waals surface area contributed by atoms with Crippen molar-refractivity contribution >= 4 is 27.1 Å². The molecule has 0 fully saturated rings. The minimum atomic E-state index is -0.211. The Balaban J connectivity index is 2.26. The van der Waals surface area contributed by atoms with E-state index in [9.17, 15) is 0 Å². The summed E-state index contributed by atoms with van der Waals surface area (Å²) in [5.41, 5.74) is 8.75. The van der Waals surface area contributed by atoms with Crippen LogP contribution in [-0.4, -0.2) is 0 Å². The Morgan fingerprint density at radius 2 is 1.05 bits per heavy atom. The summed E-state index contributed by atoms with van der Waals surface area (Å²) < 4.78 is 0. The van der Waals surface area contributed by atoms with E-state index < -0.39 is 0 Å². The molecule has 0 bridgehead atoms. The maximum absolute atomic E-state index is 2.34. The summed E-state index contributed by atoms with van der Waals surface area (Å²) in [7, 11) is 0.794. The normalized spacial score (nSPS) is 11.7. The molecule has 0 nitrogen and oxygen atoms in total. The van der Waals surface area contributed by atoms with Crippen LogP contribution in [0.15, 0.2) is 24.3 Å². The van der Waals surface area contributed by atoms with Crippen LogP contribution in [0.1, 0.15) is 33.4 Å². The van der Waals surface area contributed by atoms with Gasteiger partial charge in [-0.1, -0.05) is 0 Å². The van der Waals surface area contributed by atoms with Crippen molar-refractivity contribution in [1.82, 2.24) is 0 Å². The number of hydrogen-bond donors (Lipinski definition) is 0. The second-order valence-electron chi connectivity index (χ2n) is 6.00. The molecular formula is C18H26P2. The molecule has 0 amide bonds. The van der Waals surface area contributed by atoms with Gasteiger partial charge in [0.2, 0.25) is 0 Å². The Morgan fingerprint density at radius 1 is 0.650 bits per heavy atom. The third kappa shape index (κ3) is 3.49. The molecule has 0 saturated carbocycles. The van der Waals surface area contributed by atoms with Crippen molar-refractivity contribution in [2.45, 2.75) is 41.5 Å². The first-order valence-corrected chi connectivity index (χ1v) is 11.3. The molecule has 0 radical (unpaired) electrons. The van der Waals surface area contributed by atoms with Crippen molar-refractivity contribution in [3.63, 3.8) is 0 Å². The number of hydrogen-bond acceptors (Lipinski definition) is 0. The van der Waals surface area contributed by atoms with E-state index in [1.165, 1.54) is 33.4 Å². The molecule has 20 heavy (non-hydrogen) atoms. The molecule has 2 rings (SSSR count). The molecule has 0 aromatic heterocycles. The Hall–Kier alpha value is -0.700. The summed E-state index contributed by atoms with van der Waals surface area (Å²) in [6.45, 7) is 13.5. The molecule has 2 heteroatoms. The predicted molar refractivity (Wildman–Crippen MR) is 100.0 cm³/mol. The molecule has 0 heterocycles. The van der Waals surface area contributed by atoms with E-state index in [1.54, 1.807) is 10.6 Å². The van der Waals surface area contributed by atoms with E-state index in [2.05, 4.69) is 65.8 Å². The van der Waals surface area contributed by atoms with Crippen molar-refractivity contribution < 1.29 is 0 Å². The van der Waals surface area contributed by atoms with Crippen LogP contribution in [0, 0.1) is 41.5 Å². The number of benzene rings is 2. The number of rotatable bonds is 3. The molecule has 1 atom stereocenters. The first kappa shape index (κ1) is 15.7. The molecule has 0 aliphatic carbocycles. The average Bonchev–Trinajstić information content (AvgIpc) is 2.30. The monoisotopic (exact) mass is 304 g/mol. The first-order valence-electron chi connectivity index (χ1n) is 7.27. The van der Waals surface area contributed by atoms with Gasteiger partial charge in [-0.2, -0.15) is 0 Å². The second kappa shape index (κ2) is 6.38. The van der Waals surface area contributed by atoms with E-state index in [1.807, 2.05) is 0 Å². The van der Waals surface area contributed by atoms with Gasteiger partial charge in [0.25, 0.3) is 0 Å². The van der Waals surface area contributed by atoms with Crippen LogP contribution in [0.3, 0.4) is 0 Å². The third-order valence-corrected chi connectivity index (χ3v) is 9.40. The topological polar surface area (TPSA) is 0 Å². The van der Waals surface area contributed by atoms with Crippen LogP contribution in [0.2, 0.25) is 0 Å². The number of aryl methyl sites for hydroxylation is 6. The van der Waals surface area contributed by atoms with Crippen LogP contribution in [0.25, 0.3) is 0 Å². The molecule has 0 N–H and O–H groups in total. The Labute approximate surface area is 126 Å². The van der Waals surface area contributed by atoms with Crippen LogP contribution in [0.4, 0.5) is 0 Å². The van der Waals surface area contributed by atoms with Crippen molar-refractivity contribution in [1.29, 1.82) is 0 Å². The zero-order valence-electron chi connectivity index (χ0n) is 13.5. The molecule has 0 spiro atoms. The molecule has 0 saturated heterocycles. The second-order valence-corrected chi connectivity index (χ2v) is 10.0. The average molecular weight is 304 g/mol. The van der Waals surface area contributed by atoms with E-state index >= 15 is 0 Å². The van der Waals surface area contributed by atoms with Crippen LogP contribution in [0.5, 0.6) is 0 Å². The van der Waals surface area contributed by atoms with E-state index in [0.29, 0.717) is 0 Å². The maximum atomic E-state index is 2.34. The van der Waals surface area contributed by atoms with Crippen LogP contribution in [-0.2, 0) is 0 Å². The van der Waals surface area contributed by atoms with Gasteiger partial charge in [0.15, 0.2) is 0 Å². The van der Waals surface area contributed by atoms with Gasteiger partial charge in [0.05, 0.1) is 0 Å².